The number of hydrogen-bond donors (Lipinski definition) is 1. The van der Waals surface area contributed by atoms with Crippen LogP contribution in [0.2, 0.25) is 0 Å². The largest absolute Gasteiger partial charge is 0.374 e. The molecule has 2 aromatic rings. The van der Waals surface area contributed by atoms with Crippen molar-refractivity contribution in [2.24, 2.45) is 0 Å². The SMILES string of the molecule is CC(=O)c1[nH]c(C)c(C(=O)N2CCCO[C@@H](Cn3cccn3)C2)c1C. The lowest BCUT2D eigenvalue weighted by atomic mass is 10.1. The second-order valence-electron chi connectivity index (χ2n) is 6.51. The van der Waals surface area contributed by atoms with Crippen LogP contribution >= 0.6 is 0 Å². The van der Waals surface area contributed by atoms with E-state index in [-0.39, 0.29) is 17.8 Å². The topological polar surface area (TPSA) is 80.2 Å². The fourth-order valence-corrected chi connectivity index (χ4v) is 3.39. The summed E-state index contributed by atoms with van der Waals surface area (Å²) in [6.45, 7) is 7.56. The Labute approximate surface area is 147 Å². The number of Topliss-reactive ketones (excluding diaryl/α,β-unsaturated/α-hetero) is 1. The van der Waals surface area contributed by atoms with Gasteiger partial charge >= 0.3 is 0 Å². The molecule has 7 heteroatoms. The van der Waals surface area contributed by atoms with Crippen LogP contribution in [0, 0.1) is 13.8 Å². The number of ether oxygens (including phenoxy) is 1. The highest BCUT2D eigenvalue weighted by molar-refractivity contribution is 6.02. The number of aryl methyl sites for hydroxylation is 1. The van der Waals surface area contributed by atoms with Crippen molar-refractivity contribution in [3.05, 3.63) is 41.0 Å². The normalized spacial score (nSPS) is 18.2. The van der Waals surface area contributed by atoms with Crippen LogP contribution in [0.5, 0.6) is 0 Å². The molecule has 0 spiro atoms. The molecule has 25 heavy (non-hydrogen) atoms. The van der Waals surface area contributed by atoms with Crippen LogP contribution in [0.15, 0.2) is 18.5 Å². The van der Waals surface area contributed by atoms with E-state index in [0.717, 1.165) is 17.7 Å². The monoisotopic (exact) mass is 344 g/mol. The number of nitrogens with zero attached hydrogens (tertiary/aromatic N) is 3. The lowest BCUT2D eigenvalue weighted by Gasteiger charge is -2.24. The van der Waals surface area contributed by atoms with Gasteiger partial charge in [-0.1, -0.05) is 0 Å². The quantitative estimate of drug-likeness (QED) is 0.860. The predicted molar refractivity (Wildman–Crippen MR) is 92.8 cm³/mol. The summed E-state index contributed by atoms with van der Waals surface area (Å²) >= 11 is 0. The zero-order valence-corrected chi connectivity index (χ0v) is 14.9. The minimum atomic E-state index is -0.0989. The molecule has 1 aliphatic rings. The molecule has 0 unspecified atom stereocenters. The Bertz CT molecular complexity index is 764. The fourth-order valence-electron chi connectivity index (χ4n) is 3.39. The van der Waals surface area contributed by atoms with Crippen LogP contribution in [0.3, 0.4) is 0 Å². The summed E-state index contributed by atoms with van der Waals surface area (Å²) < 4.78 is 7.70. The average molecular weight is 344 g/mol. The second kappa shape index (κ2) is 7.23. The van der Waals surface area contributed by atoms with E-state index in [4.69, 9.17) is 4.74 Å². The number of carbonyl (C=O) groups excluding carboxylic acids is 2. The van der Waals surface area contributed by atoms with E-state index >= 15 is 0 Å². The molecule has 1 atom stereocenters. The van der Waals surface area contributed by atoms with Gasteiger partial charge in [0.15, 0.2) is 5.78 Å². The summed E-state index contributed by atoms with van der Waals surface area (Å²) in [7, 11) is 0. The smallest absolute Gasteiger partial charge is 0.256 e. The van der Waals surface area contributed by atoms with E-state index in [1.165, 1.54) is 6.92 Å². The molecule has 134 valence electrons. The summed E-state index contributed by atoms with van der Waals surface area (Å²) in [5.41, 5.74) is 2.58. The van der Waals surface area contributed by atoms with E-state index in [2.05, 4.69) is 10.1 Å². The molecule has 1 fully saturated rings. The molecule has 0 saturated carbocycles. The number of H-pyrrole nitrogens is 1. The Morgan fingerprint density at radius 2 is 2.20 bits per heavy atom. The van der Waals surface area contributed by atoms with Crippen molar-refractivity contribution in [1.82, 2.24) is 19.7 Å². The maximum Gasteiger partial charge on any atom is 0.256 e. The number of hydrogen-bond acceptors (Lipinski definition) is 4. The number of aromatic amines is 1. The summed E-state index contributed by atoms with van der Waals surface area (Å²) in [6.07, 6.45) is 4.32. The molecule has 1 N–H and O–H groups in total. The minimum Gasteiger partial charge on any atom is -0.374 e. The van der Waals surface area contributed by atoms with Gasteiger partial charge in [0.05, 0.1) is 23.9 Å². The van der Waals surface area contributed by atoms with Crippen molar-refractivity contribution in [3.8, 4) is 0 Å². The Hall–Kier alpha value is -2.41. The molecule has 0 aliphatic carbocycles. The first kappa shape index (κ1) is 17.4. The Morgan fingerprint density at radius 3 is 2.84 bits per heavy atom. The molecular weight excluding hydrogens is 320 g/mol. The zero-order valence-electron chi connectivity index (χ0n) is 14.9. The van der Waals surface area contributed by atoms with Crippen LogP contribution in [0.1, 0.15) is 45.4 Å². The van der Waals surface area contributed by atoms with Gasteiger partial charge in [-0.25, -0.2) is 0 Å². The summed E-state index contributed by atoms with van der Waals surface area (Å²) in [5, 5.41) is 4.21. The maximum absolute atomic E-state index is 13.1. The van der Waals surface area contributed by atoms with Gasteiger partial charge in [0.1, 0.15) is 0 Å². The first-order valence-electron chi connectivity index (χ1n) is 8.55. The van der Waals surface area contributed by atoms with Crippen molar-refractivity contribution in [1.29, 1.82) is 0 Å². The molecule has 0 bridgehead atoms. The van der Waals surface area contributed by atoms with Crippen molar-refractivity contribution >= 4 is 11.7 Å². The maximum atomic E-state index is 13.1. The van der Waals surface area contributed by atoms with Crippen LogP contribution < -0.4 is 0 Å². The van der Waals surface area contributed by atoms with Crippen LogP contribution in [-0.4, -0.2) is 57.2 Å². The van der Waals surface area contributed by atoms with Gasteiger partial charge in [0, 0.05) is 44.7 Å². The number of amides is 1. The highest BCUT2D eigenvalue weighted by atomic mass is 16.5. The first-order chi connectivity index (χ1) is 12.0. The molecule has 0 radical (unpaired) electrons. The van der Waals surface area contributed by atoms with Crippen LogP contribution in [-0.2, 0) is 11.3 Å². The summed E-state index contributed by atoms with van der Waals surface area (Å²) in [4.78, 5) is 29.7. The lowest BCUT2D eigenvalue weighted by Crippen LogP contribution is -2.39. The van der Waals surface area contributed by atoms with Crippen molar-refractivity contribution < 1.29 is 14.3 Å². The number of aromatic nitrogens is 3. The van der Waals surface area contributed by atoms with Crippen LogP contribution in [0.25, 0.3) is 0 Å². The van der Waals surface area contributed by atoms with Gasteiger partial charge < -0.3 is 14.6 Å². The van der Waals surface area contributed by atoms with E-state index in [1.54, 1.807) is 6.20 Å². The second-order valence-corrected chi connectivity index (χ2v) is 6.51. The molecule has 7 nitrogen and oxygen atoms in total. The van der Waals surface area contributed by atoms with Gasteiger partial charge in [-0.05, 0) is 31.9 Å². The number of nitrogens with one attached hydrogen (secondary N) is 1. The van der Waals surface area contributed by atoms with E-state index in [0.29, 0.717) is 37.5 Å². The first-order valence-corrected chi connectivity index (χ1v) is 8.55. The van der Waals surface area contributed by atoms with Crippen molar-refractivity contribution in [3.63, 3.8) is 0 Å². The number of rotatable bonds is 4. The lowest BCUT2D eigenvalue weighted by molar-refractivity contribution is 0.0367. The fraction of sp³-hybridized carbons (Fsp3) is 0.500. The van der Waals surface area contributed by atoms with Gasteiger partial charge in [-0.3, -0.25) is 14.3 Å². The van der Waals surface area contributed by atoms with E-state index in [1.807, 2.05) is 35.7 Å². The molecule has 2 aromatic heterocycles. The van der Waals surface area contributed by atoms with Gasteiger partial charge in [0.2, 0.25) is 0 Å². The van der Waals surface area contributed by atoms with Crippen molar-refractivity contribution in [2.75, 3.05) is 19.7 Å². The van der Waals surface area contributed by atoms with E-state index in [9.17, 15) is 9.59 Å². The third kappa shape index (κ3) is 3.66. The number of carbonyl (C=O) groups is 2. The highest BCUT2D eigenvalue weighted by Gasteiger charge is 2.28. The molecule has 1 saturated heterocycles. The standard InChI is InChI=1S/C18H24N4O3/c1-12-16(13(2)20-17(12)14(3)23)18(24)21-7-5-9-25-15(10-21)11-22-8-4-6-19-22/h4,6,8,15,20H,5,7,9-11H2,1-3H3/t15-/m1/s1. The third-order valence-corrected chi connectivity index (χ3v) is 4.59. The average Bonchev–Trinajstić information content (AvgIpc) is 3.09. The Balaban J connectivity index is 1.80. The molecule has 0 aromatic carbocycles. The van der Waals surface area contributed by atoms with Crippen LogP contribution in [0.4, 0.5) is 0 Å². The number of ketones is 1. The third-order valence-electron chi connectivity index (χ3n) is 4.59. The molecule has 1 amide bonds. The Kier molecular flexibility index (Phi) is 5.03. The molecular formula is C18H24N4O3. The molecule has 3 heterocycles. The van der Waals surface area contributed by atoms with E-state index < -0.39 is 0 Å². The summed E-state index contributed by atoms with van der Waals surface area (Å²) in [5.74, 6) is -0.106. The Morgan fingerprint density at radius 1 is 1.40 bits per heavy atom. The van der Waals surface area contributed by atoms with Gasteiger partial charge in [-0.15, -0.1) is 0 Å². The highest BCUT2D eigenvalue weighted by Crippen LogP contribution is 2.21. The van der Waals surface area contributed by atoms with Crippen molar-refractivity contribution in [2.45, 2.75) is 39.8 Å². The summed E-state index contributed by atoms with van der Waals surface area (Å²) in [6, 6.07) is 1.87. The van der Waals surface area contributed by atoms with Gasteiger partial charge in [0.25, 0.3) is 5.91 Å². The molecule has 1 aliphatic heterocycles. The molecule has 3 rings (SSSR count). The van der Waals surface area contributed by atoms with Gasteiger partial charge in [-0.2, -0.15) is 5.10 Å². The zero-order chi connectivity index (χ0) is 18.0. The predicted octanol–water partition coefficient (Wildman–Crippen LogP) is 1.96. The minimum absolute atomic E-state index is 0.0466.